The van der Waals surface area contributed by atoms with E-state index in [2.05, 4.69) is 15.3 Å². The smallest absolute Gasteiger partial charge is 0.327 e. The molecule has 0 bridgehead atoms. The minimum atomic E-state index is -0.378. The first-order valence-corrected chi connectivity index (χ1v) is 7.59. The fourth-order valence-electron chi connectivity index (χ4n) is 2.47. The Morgan fingerprint density at radius 1 is 1.29 bits per heavy atom. The molecule has 0 amide bonds. The summed E-state index contributed by atoms with van der Waals surface area (Å²) in [5, 5.41) is 7.93. The predicted molar refractivity (Wildman–Crippen MR) is 86.5 cm³/mol. The number of carbonyl (C=O) groups is 1. The number of hydrogen-bond acceptors (Lipinski definition) is 6. The zero-order chi connectivity index (χ0) is 17.1. The molecule has 124 valence electrons. The molecule has 0 saturated heterocycles. The SMILES string of the molecule is CCOC(=O)Cn1cc(Cn2c(=O)c(C)nc3ccccc32)nn1. The van der Waals surface area contributed by atoms with Crippen LogP contribution in [0.15, 0.2) is 35.3 Å². The molecule has 3 rings (SSSR count). The summed E-state index contributed by atoms with van der Waals surface area (Å²) in [7, 11) is 0. The molecule has 3 aromatic rings. The standard InChI is InChI=1S/C16H17N5O3/c1-3-24-15(22)10-20-8-12(18-19-20)9-21-14-7-5-4-6-13(14)17-11(2)16(21)23/h4-8H,3,9-10H2,1-2H3. The third-order valence-electron chi connectivity index (χ3n) is 3.52. The molecule has 8 heteroatoms. The molecule has 2 heterocycles. The lowest BCUT2D eigenvalue weighted by Gasteiger charge is -2.09. The first kappa shape index (κ1) is 15.9. The summed E-state index contributed by atoms with van der Waals surface area (Å²) < 4.78 is 7.88. The van der Waals surface area contributed by atoms with Gasteiger partial charge in [-0.25, -0.2) is 9.67 Å². The maximum absolute atomic E-state index is 12.4. The Hall–Kier alpha value is -3.03. The minimum Gasteiger partial charge on any atom is -0.465 e. The van der Waals surface area contributed by atoms with Crippen LogP contribution in [0.5, 0.6) is 0 Å². The van der Waals surface area contributed by atoms with Crippen LogP contribution in [0.2, 0.25) is 0 Å². The number of aromatic nitrogens is 5. The molecule has 24 heavy (non-hydrogen) atoms. The van der Waals surface area contributed by atoms with Crippen LogP contribution >= 0.6 is 0 Å². The summed E-state index contributed by atoms with van der Waals surface area (Å²) in [4.78, 5) is 28.2. The number of carbonyl (C=O) groups excluding carboxylic acids is 1. The van der Waals surface area contributed by atoms with Gasteiger partial charge in [0.25, 0.3) is 5.56 Å². The molecule has 8 nitrogen and oxygen atoms in total. The second-order valence-electron chi connectivity index (χ2n) is 5.29. The molecule has 0 aliphatic carbocycles. The van der Waals surface area contributed by atoms with Gasteiger partial charge in [0.2, 0.25) is 0 Å². The van der Waals surface area contributed by atoms with Gasteiger partial charge in [-0.3, -0.25) is 14.2 Å². The summed E-state index contributed by atoms with van der Waals surface area (Å²) in [6.45, 7) is 3.99. The first-order valence-electron chi connectivity index (χ1n) is 7.59. The average molecular weight is 327 g/mol. The van der Waals surface area contributed by atoms with Crippen molar-refractivity contribution in [2.45, 2.75) is 26.9 Å². The minimum absolute atomic E-state index is 0.00808. The fraction of sp³-hybridized carbons (Fsp3) is 0.312. The second-order valence-corrected chi connectivity index (χ2v) is 5.29. The number of esters is 1. The molecule has 0 radical (unpaired) electrons. The molecule has 0 fully saturated rings. The van der Waals surface area contributed by atoms with E-state index in [1.807, 2.05) is 24.3 Å². The molecule has 0 saturated carbocycles. The number of nitrogens with zero attached hydrogens (tertiary/aromatic N) is 5. The van der Waals surface area contributed by atoms with Crippen molar-refractivity contribution in [3.05, 3.63) is 52.2 Å². The quantitative estimate of drug-likeness (QED) is 0.647. The number of fused-ring (bicyclic) bond motifs is 1. The van der Waals surface area contributed by atoms with Gasteiger partial charge in [-0.2, -0.15) is 0 Å². The predicted octanol–water partition coefficient (Wildman–Crippen LogP) is 0.908. The maximum atomic E-state index is 12.4. The zero-order valence-corrected chi connectivity index (χ0v) is 13.5. The van der Waals surface area contributed by atoms with E-state index >= 15 is 0 Å². The Morgan fingerprint density at radius 2 is 2.08 bits per heavy atom. The van der Waals surface area contributed by atoms with Crippen LogP contribution in [-0.2, 0) is 22.6 Å². The highest BCUT2D eigenvalue weighted by atomic mass is 16.5. The van der Waals surface area contributed by atoms with E-state index in [4.69, 9.17) is 4.74 Å². The van der Waals surface area contributed by atoms with Crippen LogP contribution in [0, 0.1) is 6.92 Å². The molecular formula is C16H17N5O3. The molecule has 0 spiro atoms. The maximum Gasteiger partial charge on any atom is 0.327 e. The number of rotatable bonds is 5. The van der Waals surface area contributed by atoms with Gasteiger partial charge in [0, 0.05) is 0 Å². The summed E-state index contributed by atoms with van der Waals surface area (Å²) in [6.07, 6.45) is 1.63. The number of para-hydroxylation sites is 2. The number of benzene rings is 1. The molecule has 0 aliphatic heterocycles. The number of ether oxygens (including phenoxy) is 1. The van der Waals surface area contributed by atoms with Crippen molar-refractivity contribution in [3.8, 4) is 0 Å². The van der Waals surface area contributed by atoms with Crippen molar-refractivity contribution in [2.75, 3.05) is 6.61 Å². The number of aryl methyl sites for hydroxylation is 1. The van der Waals surface area contributed by atoms with Crippen LogP contribution in [-0.4, -0.2) is 37.1 Å². The molecule has 1 aromatic carbocycles. The van der Waals surface area contributed by atoms with E-state index in [0.717, 1.165) is 11.0 Å². The second kappa shape index (κ2) is 6.61. The molecular weight excluding hydrogens is 310 g/mol. The van der Waals surface area contributed by atoms with Crippen molar-refractivity contribution in [2.24, 2.45) is 0 Å². The summed E-state index contributed by atoms with van der Waals surface area (Å²) in [6, 6.07) is 7.42. The van der Waals surface area contributed by atoms with Crippen LogP contribution in [0.3, 0.4) is 0 Å². The van der Waals surface area contributed by atoms with E-state index in [9.17, 15) is 9.59 Å². The van der Waals surface area contributed by atoms with E-state index in [-0.39, 0.29) is 24.6 Å². The van der Waals surface area contributed by atoms with Gasteiger partial charge >= 0.3 is 5.97 Å². The average Bonchev–Trinajstić information content (AvgIpc) is 2.99. The van der Waals surface area contributed by atoms with Crippen molar-refractivity contribution in [1.29, 1.82) is 0 Å². The zero-order valence-electron chi connectivity index (χ0n) is 13.5. The van der Waals surface area contributed by atoms with Crippen molar-refractivity contribution in [3.63, 3.8) is 0 Å². The third-order valence-corrected chi connectivity index (χ3v) is 3.52. The van der Waals surface area contributed by atoms with Gasteiger partial charge in [-0.1, -0.05) is 17.3 Å². The van der Waals surface area contributed by atoms with Gasteiger partial charge in [0.05, 0.1) is 30.4 Å². The highest BCUT2D eigenvalue weighted by Crippen LogP contribution is 2.11. The Morgan fingerprint density at radius 3 is 2.88 bits per heavy atom. The van der Waals surface area contributed by atoms with Gasteiger partial charge in [0.15, 0.2) is 0 Å². The Kier molecular flexibility index (Phi) is 4.37. The van der Waals surface area contributed by atoms with Gasteiger partial charge < -0.3 is 4.74 Å². The van der Waals surface area contributed by atoms with Crippen molar-refractivity contribution < 1.29 is 9.53 Å². The Labute approximate surface area is 137 Å². The van der Waals surface area contributed by atoms with Crippen LogP contribution < -0.4 is 5.56 Å². The summed E-state index contributed by atoms with van der Waals surface area (Å²) in [5.41, 5.74) is 2.31. The Bertz CT molecular complexity index is 944. The lowest BCUT2D eigenvalue weighted by molar-refractivity contribution is -0.144. The molecule has 0 atom stereocenters. The van der Waals surface area contributed by atoms with Gasteiger partial charge in [0.1, 0.15) is 17.9 Å². The summed E-state index contributed by atoms with van der Waals surface area (Å²) in [5.74, 6) is -0.378. The fourth-order valence-corrected chi connectivity index (χ4v) is 2.47. The molecule has 0 N–H and O–H groups in total. The third kappa shape index (κ3) is 3.17. The molecule has 2 aromatic heterocycles. The van der Waals surface area contributed by atoms with Crippen LogP contribution in [0.25, 0.3) is 11.0 Å². The first-order chi connectivity index (χ1) is 11.6. The van der Waals surface area contributed by atoms with E-state index < -0.39 is 0 Å². The van der Waals surface area contributed by atoms with Gasteiger partial charge in [-0.15, -0.1) is 5.10 Å². The van der Waals surface area contributed by atoms with E-state index in [0.29, 0.717) is 18.0 Å². The Balaban J connectivity index is 1.91. The lowest BCUT2D eigenvalue weighted by Crippen LogP contribution is -2.24. The normalized spacial score (nSPS) is 10.9. The number of hydrogen-bond donors (Lipinski definition) is 0. The largest absolute Gasteiger partial charge is 0.465 e. The highest BCUT2D eigenvalue weighted by molar-refractivity contribution is 5.74. The lowest BCUT2D eigenvalue weighted by atomic mass is 10.2. The van der Waals surface area contributed by atoms with Crippen molar-refractivity contribution >= 4 is 17.0 Å². The monoisotopic (exact) mass is 327 g/mol. The van der Waals surface area contributed by atoms with E-state index in [1.165, 1.54) is 4.68 Å². The highest BCUT2D eigenvalue weighted by Gasteiger charge is 2.11. The topological polar surface area (TPSA) is 91.9 Å². The van der Waals surface area contributed by atoms with Crippen LogP contribution in [0.1, 0.15) is 18.3 Å². The van der Waals surface area contributed by atoms with Crippen molar-refractivity contribution in [1.82, 2.24) is 24.5 Å². The van der Waals surface area contributed by atoms with E-state index in [1.54, 1.807) is 24.6 Å². The molecule has 0 unspecified atom stereocenters. The summed E-state index contributed by atoms with van der Waals surface area (Å²) >= 11 is 0. The van der Waals surface area contributed by atoms with Crippen LogP contribution in [0.4, 0.5) is 0 Å². The van der Waals surface area contributed by atoms with Gasteiger partial charge in [-0.05, 0) is 26.0 Å². The molecule has 0 aliphatic rings.